The van der Waals surface area contributed by atoms with Gasteiger partial charge in [-0.2, -0.15) is 0 Å². The SMILES string of the molecule is COc1ccccc1C(=O)NC(CCN(CCCCc1ccc2c(n1)NCCC2)CCOc1ccccc1)C(=O)O. The topological polar surface area (TPSA) is 113 Å². The van der Waals surface area contributed by atoms with Gasteiger partial charge in [0.1, 0.15) is 30.0 Å². The Hall–Kier alpha value is -4.11. The number of aliphatic carboxylic acids is 1. The highest BCUT2D eigenvalue weighted by molar-refractivity contribution is 5.98. The van der Waals surface area contributed by atoms with Gasteiger partial charge in [0.15, 0.2) is 0 Å². The summed E-state index contributed by atoms with van der Waals surface area (Å²) in [5.74, 6) is 0.676. The smallest absolute Gasteiger partial charge is 0.326 e. The molecule has 9 nitrogen and oxygen atoms in total. The molecule has 1 amide bonds. The number of amides is 1. The van der Waals surface area contributed by atoms with Crippen molar-refractivity contribution in [2.24, 2.45) is 0 Å². The first-order chi connectivity index (χ1) is 20.0. The fraction of sp³-hybridized carbons (Fsp3) is 0.406. The van der Waals surface area contributed by atoms with Crippen molar-refractivity contribution in [1.82, 2.24) is 15.2 Å². The van der Waals surface area contributed by atoms with Crippen molar-refractivity contribution < 1.29 is 24.2 Å². The molecule has 1 aromatic heterocycles. The molecule has 2 aromatic carbocycles. The molecule has 4 rings (SSSR count). The summed E-state index contributed by atoms with van der Waals surface area (Å²) in [7, 11) is 1.48. The van der Waals surface area contributed by atoms with Crippen LogP contribution < -0.4 is 20.1 Å². The molecule has 0 bridgehead atoms. The highest BCUT2D eigenvalue weighted by atomic mass is 16.5. The fourth-order valence-corrected chi connectivity index (χ4v) is 4.93. The number of methoxy groups -OCH3 is 1. The molecule has 1 aliphatic rings. The highest BCUT2D eigenvalue weighted by Gasteiger charge is 2.23. The molecule has 41 heavy (non-hydrogen) atoms. The number of rotatable bonds is 16. The summed E-state index contributed by atoms with van der Waals surface area (Å²) in [5.41, 5.74) is 2.68. The molecule has 1 aliphatic heterocycles. The molecular formula is C32H40N4O5. The van der Waals surface area contributed by atoms with Gasteiger partial charge in [-0.1, -0.05) is 36.4 Å². The number of ether oxygens (including phenoxy) is 2. The predicted molar refractivity (Wildman–Crippen MR) is 159 cm³/mol. The first-order valence-corrected chi connectivity index (χ1v) is 14.3. The Morgan fingerprint density at radius 3 is 2.63 bits per heavy atom. The van der Waals surface area contributed by atoms with Crippen LogP contribution in [0.1, 0.15) is 47.3 Å². The summed E-state index contributed by atoms with van der Waals surface area (Å²) in [5, 5.41) is 15.9. The summed E-state index contributed by atoms with van der Waals surface area (Å²) >= 11 is 0. The van der Waals surface area contributed by atoms with E-state index >= 15 is 0 Å². The number of para-hydroxylation sites is 2. The zero-order valence-corrected chi connectivity index (χ0v) is 23.7. The van der Waals surface area contributed by atoms with Crippen molar-refractivity contribution in [2.45, 2.75) is 44.6 Å². The van der Waals surface area contributed by atoms with Gasteiger partial charge in [-0.05, 0) is 81.0 Å². The number of benzene rings is 2. The van der Waals surface area contributed by atoms with Crippen LogP contribution in [0, 0.1) is 0 Å². The normalized spacial score (nSPS) is 13.1. The van der Waals surface area contributed by atoms with E-state index in [1.807, 2.05) is 30.3 Å². The lowest BCUT2D eigenvalue weighted by atomic mass is 10.1. The van der Waals surface area contributed by atoms with Crippen molar-refractivity contribution in [2.75, 3.05) is 45.2 Å². The van der Waals surface area contributed by atoms with E-state index in [4.69, 9.17) is 14.5 Å². The van der Waals surface area contributed by atoms with Crippen LogP contribution in [0.4, 0.5) is 5.82 Å². The standard InChI is InChI=1S/C32H40N4O5/c1-40-29-15-6-5-14-27(29)31(37)35-28(32(38)39)18-21-36(22-23-41-26-12-3-2-4-13-26)20-8-7-11-25-17-16-24-10-9-19-33-30(24)34-25/h2-6,12-17,28H,7-11,18-23H2,1H3,(H,33,34)(H,35,37)(H,38,39). The number of aryl methyl sites for hydroxylation is 2. The molecule has 0 saturated heterocycles. The quantitative estimate of drug-likeness (QED) is 0.221. The zero-order chi connectivity index (χ0) is 28.9. The number of carbonyl (C=O) groups excluding carboxylic acids is 1. The molecule has 9 heteroatoms. The minimum Gasteiger partial charge on any atom is -0.496 e. The van der Waals surface area contributed by atoms with E-state index in [9.17, 15) is 14.7 Å². The number of pyridine rings is 1. The van der Waals surface area contributed by atoms with Crippen LogP contribution in [-0.4, -0.2) is 72.8 Å². The Kier molecular flexibility index (Phi) is 11.4. The van der Waals surface area contributed by atoms with Crippen LogP contribution in [0.3, 0.4) is 0 Å². The Labute approximate surface area is 241 Å². The van der Waals surface area contributed by atoms with Gasteiger partial charge in [0, 0.05) is 25.3 Å². The number of fused-ring (bicyclic) bond motifs is 1. The Morgan fingerprint density at radius 2 is 1.83 bits per heavy atom. The summed E-state index contributed by atoms with van der Waals surface area (Å²) in [6.07, 6.45) is 5.27. The average Bonchev–Trinajstić information content (AvgIpc) is 3.01. The third kappa shape index (κ3) is 9.21. The number of carboxylic acids is 1. The lowest BCUT2D eigenvalue weighted by molar-refractivity contribution is -0.139. The van der Waals surface area contributed by atoms with E-state index in [0.717, 1.165) is 62.5 Å². The molecule has 0 spiro atoms. The zero-order valence-electron chi connectivity index (χ0n) is 23.7. The van der Waals surface area contributed by atoms with Gasteiger partial charge in [-0.25, -0.2) is 9.78 Å². The maximum Gasteiger partial charge on any atom is 0.326 e. The van der Waals surface area contributed by atoms with Gasteiger partial charge in [0.05, 0.1) is 12.7 Å². The molecule has 2 heterocycles. The van der Waals surface area contributed by atoms with E-state index in [1.54, 1.807) is 24.3 Å². The maximum absolute atomic E-state index is 12.8. The number of carbonyl (C=O) groups is 2. The predicted octanol–water partition coefficient (Wildman–Crippen LogP) is 4.43. The van der Waals surface area contributed by atoms with E-state index < -0.39 is 17.9 Å². The Balaban J connectivity index is 1.31. The third-order valence-corrected chi connectivity index (χ3v) is 7.22. The van der Waals surface area contributed by atoms with Gasteiger partial charge in [0.2, 0.25) is 0 Å². The average molecular weight is 561 g/mol. The van der Waals surface area contributed by atoms with Crippen LogP contribution in [0.2, 0.25) is 0 Å². The van der Waals surface area contributed by atoms with Crippen LogP contribution in [0.25, 0.3) is 0 Å². The number of hydrogen-bond acceptors (Lipinski definition) is 7. The second kappa shape index (κ2) is 15.6. The van der Waals surface area contributed by atoms with Gasteiger partial charge < -0.3 is 25.2 Å². The highest BCUT2D eigenvalue weighted by Crippen LogP contribution is 2.21. The monoisotopic (exact) mass is 560 g/mol. The third-order valence-electron chi connectivity index (χ3n) is 7.22. The van der Waals surface area contributed by atoms with Crippen LogP contribution in [0.15, 0.2) is 66.7 Å². The van der Waals surface area contributed by atoms with Gasteiger partial charge in [-0.3, -0.25) is 9.69 Å². The molecule has 218 valence electrons. The number of nitrogens with zero attached hydrogens (tertiary/aromatic N) is 2. The van der Waals surface area contributed by atoms with Gasteiger partial charge >= 0.3 is 5.97 Å². The lowest BCUT2D eigenvalue weighted by Gasteiger charge is -2.24. The molecule has 0 aliphatic carbocycles. The molecule has 0 fully saturated rings. The number of carboxylic acid groups (broad SMARTS) is 1. The number of anilines is 1. The first kappa shape index (κ1) is 29.9. The number of aromatic nitrogens is 1. The largest absolute Gasteiger partial charge is 0.496 e. The van der Waals surface area contributed by atoms with Crippen molar-refractivity contribution in [3.63, 3.8) is 0 Å². The van der Waals surface area contributed by atoms with Crippen LogP contribution in [-0.2, 0) is 17.6 Å². The second-order valence-electron chi connectivity index (χ2n) is 10.2. The van der Waals surface area contributed by atoms with E-state index in [1.165, 1.54) is 12.7 Å². The molecule has 3 aromatic rings. The Bertz CT molecular complexity index is 1270. The van der Waals surface area contributed by atoms with Gasteiger partial charge in [0.25, 0.3) is 5.91 Å². The Morgan fingerprint density at radius 1 is 1.02 bits per heavy atom. The number of hydrogen-bond donors (Lipinski definition) is 3. The molecule has 0 saturated carbocycles. The van der Waals surface area contributed by atoms with Crippen molar-refractivity contribution in [3.8, 4) is 11.5 Å². The molecule has 3 N–H and O–H groups in total. The molecule has 1 atom stereocenters. The van der Waals surface area contributed by atoms with Crippen LogP contribution >= 0.6 is 0 Å². The summed E-state index contributed by atoms with van der Waals surface area (Å²) in [6, 6.07) is 19.7. The minimum absolute atomic E-state index is 0.263. The minimum atomic E-state index is -1.07. The molecule has 1 unspecified atom stereocenters. The van der Waals surface area contributed by atoms with Crippen molar-refractivity contribution in [3.05, 3.63) is 83.6 Å². The lowest BCUT2D eigenvalue weighted by Crippen LogP contribution is -2.43. The van der Waals surface area contributed by atoms with Gasteiger partial charge in [-0.15, -0.1) is 0 Å². The van der Waals surface area contributed by atoms with E-state index in [2.05, 4.69) is 27.7 Å². The van der Waals surface area contributed by atoms with Crippen LogP contribution in [0.5, 0.6) is 11.5 Å². The fourth-order valence-electron chi connectivity index (χ4n) is 4.93. The summed E-state index contributed by atoms with van der Waals surface area (Å²) in [4.78, 5) is 31.9. The number of unbranched alkanes of at least 4 members (excludes halogenated alkanes) is 1. The molecule has 0 radical (unpaired) electrons. The van der Waals surface area contributed by atoms with E-state index in [0.29, 0.717) is 31.0 Å². The summed E-state index contributed by atoms with van der Waals surface area (Å²) < 4.78 is 11.2. The molecular weight excluding hydrogens is 520 g/mol. The maximum atomic E-state index is 12.8. The van der Waals surface area contributed by atoms with Crippen molar-refractivity contribution >= 4 is 17.7 Å². The second-order valence-corrected chi connectivity index (χ2v) is 10.2. The summed E-state index contributed by atoms with van der Waals surface area (Å²) in [6.45, 7) is 3.38. The van der Waals surface area contributed by atoms with E-state index in [-0.39, 0.29) is 6.42 Å². The first-order valence-electron chi connectivity index (χ1n) is 14.3. The van der Waals surface area contributed by atoms with Crippen molar-refractivity contribution in [1.29, 1.82) is 0 Å². The number of nitrogens with one attached hydrogen (secondary N) is 2.